The first-order valence-electron chi connectivity index (χ1n) is 7.27. The average Bonchev–Trinajstić information content (AvgIpc) is 2.80. The van der Waals surface area contributed by atoms with E-state index >= 15 is 0 Å². The van der Waals surface area contributed by atoms with Gasteiger partial charge in [0.05, 0.1) is 12.0 Å². The van der Waals surface area contributed by atoms with Crippen molar-refractivity contribution < 1.29 is 14.3 Å². The molecule has 0 unspecified atom stereocenters. The first-order chi connectivity index (χ1) is 11.1. The number of nitrogens with zero attached hydrogens (tertiary/aromatic N) is 1. The van der Waals surface area contributed by atoms with E-state index in [1.54, 1.807) is 0 Å². The Morgan fingerprint density at radius 2 is 2.04 bits per heavy atom. The molecule has 0 spiro atoms. The van der Waals surface area contributed by atoms with Crippen LogP contribution in [0.1, 0.15) is 21.6 Å². The molecule has 1 aliphatic rings. The summed E-state index contributed by atoms with van der Waals surface area (Å²) in [4.78, 5) is 13.3. The van der Waals surface area contributed by atoms with E-state index in [-0.39, 0.29) is 12.3 Å². The van der Waals surface area contributed by atoms with Gasteiger partial charge in [-0.15, -0.1) is 11.3 Å². The summed E-state index contributed by atoms with van der Waals surface area (Å²) in [6.45, 7) is 4.89. The van der Waals surface area contributed by atoms with Gasteiger partial charge in [-0.05, 0) is 37.1 Å². The van der Waals surface area contributed by atoms with Crippen LogP contribution in [0.3, 0.4) is 0 Å². The second kappa shape index (κ2) is 6.31. The molecule has 0 bridgehead atoms. The molecule has 6 heteroatoms. The highest BCUT2D eigenvalue weighted by Gasteiger charge is 2.16. The third-order valence-corrected chi connectivity index (χ3v) is 4.84. The van der Waals surface area contributed by atoms with Crippen LogP contribution in [-0.2, 0) is 11.2 Å². The molecule has 1 aliphatic heterocycles. The molecule has 2 aromatic rings. The molecule has 3 rings (SSSR count). The lowest BCUT2D eigenvalue weighted by molar-refractivity contribution is -0.115. The highest BCUT2D eigenvalue weighted by atomic mass is 32.1. The van der Waals surface area contributed by atoms with Crippen LogP contribution in [-0.4, -0.2) is 19.1 Å². The topological polar surface area (TPSA) is 71.3 Å². The summed E-state index contributed by atoms with van der Waals surface area (Å²) in [6.07, 6.45) is 0.220. The van der Waals surface area contributed by atoms with Crippen LogP contribution in [0.15, 0.2) is 18.2 Å². The maximum absolute atomic E-state index is 12.3. The van der Waals surface area contributed by atoms with Gasteiger partial charge in [0, 0.05) is 4.88 Å². The van der Waals surface area contributed by atoms with Gasteiger partial charge in [-0.25, -0.2) is 0 Å². The van der Waals surface area contributed by atoms with Crippen molar-refractivity contribution in [2.45, 2.75) is 20.3 Å². The number of anilines is 1. The quantitative estimate of drug-likeness (QED) is 0.939. The van der Waals surface area contributed by atoms with Gasteiger partial charge in [0.25, 0.3) is 0 Å². The number of hydrogen-bond acceptors (Lipinski definition) is 5. The highest BCUT2D eigenvalue weighted by molar-refractivity contribution is 7.16. The lowest BCUT2D eigenvalue weighted by atomic mass is 10.1. The summed E-state index contributed by atoms with van der Waals surface area (Å²) in [6, 6.07) is 7.64. The molecular formula is C17H16N2O3S. The number of rotatable bonds is 3. The summed E-state index contributed by atoms with van der Waals surface area (Å²) in [7, 11) is 0. The minimum Gasteiger partial charge on any atom is -0.486 e. The normalized spacial score (nSPS) is 12.6. The summed E-state index contributed by atoms with van der Waals surface area (Å²) in [5, 5.41) is 12.7. The van der Waals surface area contributed by atoms with Gasteiger partial charge in [0.15, 0.2) is 11.5 Å². The number of carbonyl (C=O) groups is 1. The number of aryl methyl sites for hydroxylation is 1. The Bertz CT molecular complexity index is 805. The molecule has 23 heavy (non-hydrogen) atoms. The molecule has 0 saturated heterocycles. The average molecular weight is 328 g/mol. The van der Waals surface area contributed by atoms with Gasteiger partial charge in [-0.2, -0.15) is 5.26 Å². The zero-order valence-corrected chi connectivity index (χ0v) is 13.8. The van der Waals surface area contributed by atoms with Crippen molar-refractivity contribution in [3.8, 4) is 17.6 Å². The van der Waals surface area contributed by atoms with Crippen LogP contribution >= 0.6 is 11.3 Å². The molecule has 1 amide bonds. The largest absolute Gasteiger partial charge is 0.486 e. The molecule has 0 aliphatic carbocycles. The predicted molar refractivity (Wildman–Crippen MR) is 88.3 cm³/mol. The summed E-state index contributed by atoms with van der Waals surface area (Å²) in [5.74, 6) is 1.22. The number of ether oxygens (including phenoxy) is 2. The standard InChI is InChI=1S/C17H16N2O3S/c1-10-11(2)23-17(13(10)9-18)19-16(20)8-12-3-4-14-15(7-12)22-6-5-21-14/h3-4,7H,5-6,8H2,1-2H3,(H,19,20). The smallest absolute Gasteiger partial charge is 0.229 e. The molecule has 1 aromatic carbocycles. The first kappa shape index (κ1) is 15.4. The van der Waals surface area contributed by atoms with E-state index in [0.717, 1.165) is 16.0 Å². The van der Waals surface area contributed by atoms with Crippen molar-refractivity contribution in [2.24, 2.45) is 0 Å². The Kier molecular flexibility index (Phi) is 4.22. The maximum Gasteiger partial charge on any atom is 0.229 e. The fraction of sp³-hybridized carbons (Fsp3) is 0.294. The lowest BCUT2D eigenvalue weighted by Gasteiger charge is -2.18. The van der Waals surface area contributed by atoms with Crippen LogP contribution in [0, 0.1) is 25.2 Å². The monoisotopic (exact) mass is 328 g/mol. The van der Waals surface area contributed by atoms with Crippen molar-refractivity contribution in [3.63, 3.8) is 0 Å². The third kappa shape index (κ3) is 3.15. The Labute approximate surface area is 138 Å². The molecule has 0 atom stereocenters. The number of fused-ring (bicyclic) bond motifs is 1. The van der Waals surface area contributed by atoms with Crippen molar-refractivity contribution in [1.29, 1.82) is 5.26 Å². The van der Waals surface area contributed by atoms with Gasteiger partial charge in [-0.3, -0.25) is 4.79 Å². The molecule has 118 valence electrons. The fourth-order valence-electron chi connectivity index (χ4n) is 2.40. The number of thiophene rings is 1. The number of nitrogens with one attached hydrogen (secondary N) is 1. The van der Waals surface area contributed by atoms with Crippen molar-refractivity contribution >= 4 is 22.2 Å². The molecule has 0 saturated carbocycles. The number of benzene rings is 1. The van der Waals surface area contributed by atoms with E-state index < -0.39 is 0 Å². The summed E-state index contributed by atoms with van der Waals surface area (Å²) < 4.78 is 11.0. The third-order valence-electron chi connectivity index (χ3n) is 3.72. The van der Waals surface area contributed by atoms with E-state index in [2.05, 4.69) is 11.4 Å². The van der Waals surface area contributed by atoms with E-state index in [9.17, 15) is 10.1 Å². The number of carbonyl (C=O) groups excluding carboxylic acids is 1. The molecule has 0 fully saturated rings. The highest BCUT2D eigenvalue weighted by Crippen LogP contribution is 2.33. The molecule has 0 radical (unpaired) electrons. The van der Waals surface area contributed by atoms with E-state index in [1.165, 1.54) is 11.3 Å². The second-order valence-corrected chi connectivity index (χ2v) is 6.53. The predicted octanol–water partition coefficient (Wildman–Crippen LogP) is 3.19. The Hall–Kier alpha value is -2.52. The van der Waals surface area contributed by atoms with Gasteiger partial charge in [0.1, 0.15) is 24.3 Å². The summed E-state index contributed by atoms with van der Waals surface area (Å²) in [5.41, 5.74) is 2.31. The number of hydrogen-bond donors (Lipinski definition) is 1. The van der Waals surface area contributed by atoms with Gasteiger partial charge < -0.3 is 14.8 Å². The van der Waals surface area contributed by atoms with Gasteiger partial charge in [0.2, 0.25) is 5.91 Å². The zero-order chi connectivity index (χ0) is 16.4. The zero-order valence-electron chi connectivity index (χ0n) is 12.9. The van der Waals surface area contributed by atoms with Gasteiger partial charge >= 0.3 is 0 Å². The van der Waals surface area contributed by atoms with Crippen LogP contribution in [0.2, 0.25) is 0 Å². The van der Waals surface area contributed by atoms with Crippen LogP contribution < -0.4 is 14.8 Å². The Morgan fingerprint density at radius 1 is 1.30 bits per heavy atom. The first-order valence-corrected chi connectivity index (χ1v) is 8.08. The second-order valence-electron chi connectivity index (χ2n) is 5.30. The summed E-state index contributed by atoms with van der Waals surface area (Å²) >= 11 is 1.43. The number of amides is 1. The lowest BCUT2D eigenvalue weighted by Crippen LogP contribution is -2.17. The molecule has 2 heterocycles. The molecular weight excluding hydrogens is 312 g/mol. The van der Waals surface area contributed by atoms with E-state index in [0.29, 0.717) is 35.3 Å². The van der Waals surface area contributed by atoms with Crippen LogP contribution in [0.4, 0.5) is 5.00 Å². The number of nitriles is 1. The molecule has 1 aromatic heterocycles. The van der Waals surface area contributed by atoms with Gasteiger partial charge in [-0.1, -0.05) is 6.07 Å². The maximum atomic E-state index is 12.3. The SMILES string of the molecule is Cc1sc(NC(=O)Cc2ccc3c(c2)OCCO3)c(C#N)c1C. The van der Waals surface area contributed by atoms with E-state index in [4.69, 9.17) is 9.47 Å². The van der Waals surface area contributed by atoms with Crippen molar-refractivity contribution in [3.05, 3.63) is 39.8 Å². The minimum atomic E-state index is -0.153. The van der Waals surface area contributed by atoms with Crippen LogP contribution in [0.25, 0.3) is 0 Å². The molecule has 5 nitrogen and oxygen atoms in total. The van der Waals surface area contributed by atoms with Crippen molar-refractivity contribution in [1.82, 2.24) is 0 Å². The van der Waals surface area contributed by atoms with E-state index in [1.807, 2.05) is 32.0 Å². The fourth-order valence-corrected chi connectivity index (χ4v) is 3.43. The Morgan fingerprint density at radius 3 is 2.78 bits per heavy atom. The van der Waals surface area contributed by atoms with Crippen LogP contribution in [0.5, 0.6) is 11.5 Å². The Balaban J connectivity index is 1.73. The molecule has 1 N–H and O–H groups in total. The minimum absolute atomic E-state index is 0.153. The van der Waals surface area contributed by atoms with Crippen molar-refractivity contribution in [2.75, 3.05) is 18.5 Å².